The molecule has 4 rings (SSSR count). The molecule has 1 aromatic carbocycles. The van der Waals surface area contributed by atoms with Gasteiger partial charge in [0.1, 0.15) is 21.6 Å². The standard InChI is InChI=1S/C25H25FN4O2S2/c1-3-4-5-12-27-22-19(23(31)29-14-16(2)6-11-21(29)28-22)13-20-24(32)30(25(33)34-20)15-17-7-9-18(26)10-8-17/h6-11,13-14,27H,3-5,12,15H2,1-2H3/b20-13+. The van der Waals surface area contributed by atoms with E-state index in [-0.39, 0.29) is 23.8 Å². The molecule has 0 spiro atoms. The van der Waals surface area contributed by atoms with Crippen LogP contribution in [-0.2, 0) is 11.3 Å². The third kappa shape index (κ3) is 5.20. The minimum atomic E-state index is -0.340. The van der Waals surface area contributed by atoms with Crippen molar-refractivity contribution in [2.24, 2.45) is 0 Å². The molecular weight excluding hydrogens is 471 g/mol. The third-order valence-corrected chi connectivity index (χ3v) is 6.86. The number of rotatable bonds is 8. The van der Waals surface area contributed by atoms with Gasteiger partial charge >= 0.3 is 0 Å². The van der Waals surface area contributed by atoms with Crippen molar-refractivity contribution in [1.29, 1.82) is 0 Å². The minimum absolute atomic E-state index is 0.235. The Morgan fingerprint density at radius 3 is 2.65 bits per heavy atom. The van der Waals surface area contributed by atoms with E-state index in [1.165, 1.54) is 21.4 Å². The predicted octanol–water partition coefficient (Wildman–Crippen LogP) is 5.15. The van der Waals surface area contributed by atoms with Gasteiger partial charge in [0, 0.05) is 12.7 Å². The lowest BCUT2D eigenvalue weighted by molar-refractivity contribution is -0.122. The summed E-state index contributed by atoms with van der Waals surface area (Å²) in [7, 11) is 0. The molecule has 1 amide bonds. The summed E-state index contributed by atoms with van der Waals surface area (Å²) in [6.45, 7) is 4.94. The van der Waals surface area contributed by atoms with Crippen LogP contribution in [0.2, 0.25) is 0 Å². The number of hydrogen-bond donors (Lipinski definition) is 1. The summed E-state index contributed by atoms with van der Waals surface area (Å²) in [5.41, 5.74) is 2.30. The van der Waals surface area contributed by atoms with E-state index in [2.05, 4.69) is 17.2 Å². The highest BCUT2D eigenvalue weighted by Gasteiger charge is 2.32. The van der Waals surface area contributed by atoms with Crippen LogP contribution in [-0.4, -0.2) is 31.1 Å². The van der Waals surface area contributed by atoms with Crippen molar-refractivity contribution in [1.82, 2.24) is 14.3 Å². The van der Waals surface area contributed by atoms with Crippen LogP contribution in [0.25, 0.3) is 11.7 Å². The maximum absolute atomic E-state index is 13.4. The van der Waals surface area contributed by atoms with E-state index in [1.807, 2.05) is 13.0 Å². The highest BCUT2D eigenvalue weighted by atomic mass is 32.2. The van der Waals surface area contributed by atoms with Gasteiger partial charge in [-0.05, 0) is 48.7 Å². The highest BCUT2D eigenvalue weighted by molar-refractivity contribution is 8.26. The maximum atomic E-state index is 13.4. The first-order valence-corrected chi connectivity index (χ1v) is 12.4. The Morgan fingerprint density at radius 1 is 1.15 bits per heavy atom. The number of thioether (sulfide) groups is 1. The van der Waals surface area contributed by atoms with Gasteiger partial charge in [0.05, 0.1) is 17.0 Å². The van der Waals surface area contributed by atoms with Crippen molar-refractivity contribution in [3.05, 3.63) is 80.4 Å². The monoisotopic (exact) mass is 496 g/mol. The Kier molecular flexibility index (Phi) is 7.43. The third-order valence-electron chi connectivity index (χ3n) is 5.48. The molecule has 3 heterocycles. The summed E-state index contributed by atoms with van der Waals surface area (Å²) in [5.74, 6) is -0.175. The number of pyridine rings is 1. The molecule has 6 nitrogen and oxygen atoms in total. The Labute approximate surface area is 206 Å². The second kappa shape index (κ2) is 10.5. The molecular formula is C25H25FN4O2S2. The van der Waals surface area contributed by atoms with Crippen molar-refractivity contribution >= 4 is 51.7 Å². The molecule has 2 aromatic heterocycles. The Hall–Kier alpha value is -3.04. The number of anilines is 1. The van der Waals surface area contributed by atoms with E-state index < -0.39 is 0 Å². The average molecular weight is 497 g/mol. The van der Waals surface area contributed by atoms with Crippen LogP contribution in [0.4, 0.5) is 10.2 Å². The molecule has 176 valence electrons. The molecule has 9 heteroatoms. The van der Waals surface area contributed by atoms with Crippen LogP contribution < -0.4 is 10.9 Å². The molecule has 0 atom stereocenters. The zero-order chi connectivity index (χ0) is 24.2. The highest BCUT2D eigenvalue weighted by Crippen LogP contribution is 2.34. The molecule has 0 bridgehead atoms. The van der Waals surface area contributed by atoms with Crippen LogP contribution in [0.5, 0.6) is 0 Å². The summed E-state index contributed by atoms with van der Waals surface area (Å²) in [5, 5.41) is 3.28. The molecule has 1 aliphatic rings. The first-order valence-electron chi connectivity index (χ1n) is 11.1. The molecule has 0 unspecified atom stereocenters. The molecule has 0 aliphatic carbocycles. The largest absolute Gasteiger partial charge is 0.369 e. The van der Waals surface area contributed by atoms with Crippen molar-refractivity contribution in [3.63, 3.8) is 0 Å². The number of nitrogens with zero attached hydrogens (tertiary/aromatic N) is 3. The second-order valence-corrected chi connectivity index (χ2v) is 9.82. The number of nitrogens with one attached hydrogen (secondary N) is 1. The molecule has 1 saturated heterocycles. The quantitative estimate of drug-likeness (QED) is 0.264. The van der Waals surface area contributed by atoms with E-state index in [9.17, 15) is 14.0 Å². The predicted molar refractivity (Wildman–Crippen MR) is 139 cm³/mol. The number of amides is 1. The lowest BCUT2D eigenvalue weighted by atomic mass is 10.2. The number of hydrogen-bond acceptors (Lipinski definition) is 6. The van der Waals surface area contributed by atoms with Crippen LogP contribution in [0, 0.1) is 12.7 Å². The Bertz CT molecular complexity index is 1340. The van der Waals surface area contributed by atoms with E-state index >= 15 is 0 Å². The Morgan fingerprint density at radius 2 is 1.91 bits per heavy atom. The molecule has 1 fully saturated rings. The SMILES string of the molecule is CCCCCNc1nc2ccc(C)cn2c(=O)c1/C=C1/SC(=S)N(Cc2ccc(F)cc2)C1=O. The summed E-state index contributed by atoms with van der Waals surface area (Å²) in [6, 6.07) is 9.66. The molecule has 3 aromatic rings. The molecule has 0 saturated carbocycles. The van der Waals surface area contributed by atoms with Gasteiger partial charge in [0.25, 0.3) is 11.5 Å². The lowest BCUT2D eigenvalue weighted by Crippen LogP contribution is -2.27. The molecule has 0 radical (unpaired) electrons. The number of benzene rings is 1. The number of fused-ring (bicyclic) bond motifs is 1. The number of carbonyl (C=O) groups excluding carboxylic acids is 1. The maximum Gasteiger partial charge on any atom is 0.267 e. The van der Waals surface area contributed by atoms with Crippen molar-refractivity contribution in [2.45, 2.75) is 39.7 Å². The second-order valence-electron chi connectivity index (χ2n) is 8.14. The van der Waals surface area contributed by atoms with Crippen LogP contribution >= 0.6 is 24.0 Å². The van der Waals surface area contributed by atoms with Gasteiger partial charge in [0.2, 0.25) is 0 Å². The fourth-order valence-corrected chi connectivity index (χ4v) is 4.88. The first kappa shape index (κ1) is 24.1. The zero-order valence-corrected chi connectivity index (χ0v) is 20.6. The molecule has 1 N–H and O–H groups in total. The van der Waals surface area contributed by atoms with Gasteiger partial charge in [-0.3, -0.25) is 18.9 Å². The number of unbranched alkanes of at least 4 members (excludes halogenated alkanes) is 2. The number of halogens is 1. The Balaban J connectivity index is 1.69. The van der Waals surface area contributed by atoms with E-state index in [0.29, 0.717) is 32.8 Å². The fourth-order valence-electron chi connectivity index (χ4n) is 3.65. The normalized spacial score (nSPS) is 15.0. The van der Waals surface area contributed by atoms with E-state index in [4.69, 9.17) is 12.2 Å². The average Bonchev–Trinajstić information content (AvgIpc) is 3.08. The lowest BCUT2D eigenvalue weighted by Gasteiger charge is -2.14. The topological polar surface area (TPSA) is 66.7 Å². The van der Waals surface area contributed by atoms with Gasteiger partial charge in [-0.15, -0.1) is 0 Å². The van der Waals surface area contributed by atoms with Crippen LogP contribution in [0.3, 0.4) is 0 Å². The van der Waals surface area contributed by atoms with Crippen LogP contribution in [0.1, 0.15) is 42.9 Å². The number of aromatic nitrogens is 2. The summed E-state index contributed by atoms with van der Waals surface area (Å²) < 4.78 is 15.1. The molecule has 1 aliphatic heterocycles. The number of thiocarbonyl (C=S) groups is 1. The molecule has 34 heavy (non-hydrogen) atoms. The minimum Gasteiger partial charge on any atom is -0.369 e. The fraction of sp³-hybridized carbons (Fsp3) is 0.280. The first-order chi connectivity index (χ1) is 16.4. The van der Waals surface area contributed by atoms with E-state index in [1.54, 1.807) is 30.5 Å². The summed E-state index contributed by atoms with van der Waals surface area (Å²) in [6.07, 6.45) is 6.41. The van der Waals surface area contributed by atoms with Gasteiger partial charge in [-0.1, -0.05) is 61.9 Å². The van der Waals surface area contributed by atoms with Crippen LogP contribution in [0.15, 0.2) is 52.3 Å². The van der Waals surface area contributed by atoms with Crippen molar-refractivity contribution < 1.29 is 9.18 Å². The van der Waals surface area contributed by atoms with Crippen molar-refractivity contribution in [2.75, 3.05) is 11.9 Å². The summed E-state index contributed by atoms with van der Waals surface area (Å²) in [4.78, 5) is 33.0. The van der Waals surface area contributed by atoms with E-state index in [0.717, 1.165) is 42.2 Å². The van der Waals surface area contributed by atoms with Gasteiger partial charge in [-0.25, -0.2) is 9.37 Å². The summed E-state index contributed by atoms with van der Waals surface area (Å²) >= 11 is 6.58. The number of aryl methyl sites for hydroxylation is 1. The number of carbonyl (C=O) groups is 1. The van der Waals surface area contributed by atoms with Gasteiger partial charge in [0.15, 0.2) is 0 Å². The van der Waals surface area contributed by atoms with Crippen molar-refractivity contribution in [3.8, 4) is 0 Å². The smallest absolute Gasteiger partial charge is 0.267 e. The van der Waals surface area contributed by atoms with Gasteiger partial charge in [-0.2, -0.15) is 0 Å². The zero-order valence-electron chi connectivity index (χ0n) is 19.0. The van der Waals surface area contributed by atoms with Gasteiger partial charge < -0.3 is 5.32 Å².